The molecule has 0 bridgehead atoms. The van der Waals surface area contributed by atoms with Gasteiger partial charge in [0.15, 0.2) is 5.58 Å². The van der Waals surface area contributed by atoms with Gasteiger partial charge in [0, 0.05) is 19.2 Å². The van der Waals surface area contributed by atoms with Crippen LogP contribution in [0.15, 0.2) is 51.9 Å². The molecule has 0 aliphatic rings. The lowest BCUT2D eigenvalue weighted by molar-refractivity contribution is -0.121. The number of hydrogen-bond donors (Lipinski definition) is 1. The molecule has 0 aliphatic heterocycles. The summed E-state index contributed by atoms with van der Waals surface area (Å²) in [6.07, 6.45) is 3.88. The Labute approximate surface area is 155 Å². The number of fused-ring (bicyclic) bond motifs is 2. The Morgan fingerprint density at radius 3 is 2.96 bits per heavy atom. The fraction of sp³-hybridized carbons (Fsp3) is 0.250. The topological polar surface area (TPSA) is 81.5 Å². The quantitative estimate of drug-likeness (QED) is 0.590. The summed E-state index contributed by atoms with van der Waals surface area (Å²) >= 11 is 0. The molecule has 0 aliphatic carbocycles. The van der Waals surface area contributed by atoms with E-state index < -0.39 is 5.76 Å². The van der Waals surface area contributed by atoms with Gasteiger partial charge in [0.05, 0.1) is 24.0 Å². The van der Waals surface area contributed by atoms with Crippen molar-refractivity contribution >= 4 is 22.7 Å². The number of imidazole rings is 1. The number of rotatable bonds is 5. The number of carbonyl (C=O) groups excluding carboxylic acids is 1. The van der Waals surface area contributed by atoms with E-state index in [1.165, 1.54) is 4.57 Å². The first-order chi connectivity index (χ1) is 13.0. The summed E-state index contributed by atoms with van der Waals surface area (Å²) in [5, 5.41) is 2.89. The van der Waals surface area contributed by atoms with Gasteiger partial charge in [-0.25, -0.2) is 9.78 Å². The number of nitrogens with zero attached hydrogens (tertiary/aromatic N) is 3. The van der Waals surface area contributed by atoms with Crippen LogP contribution in [0.4, 0.5) is 0 Å². The van der Waals surface area contributed by atoms with E-state index in [1.54, 1.807) is 12.3 Å². The van der Waals surface area contributed by atoms with Gasteiger partial charge in [-0.3, -0.25) is 9.36 Å². The van der Waals surface area contributed by atoms with E-state index in [0.717, 1.165) is 22.5 Å². The summed E-state index contributed by atoms with van der Waals surface area (Å²) < 4.78 is 8.69. The van der Waals surface area contributed by atoms with Gasteiger partial charge in [-0.15, -0.1) is 0 Å². The Morgan fingerprint density at radius 2 is 2.11 bits per heavy atom. The van der Waals surface area contributed by atoms with E-state index >= 15 is 0 Å². The molecule has 0 spiro atoms. The Morgan fingerprint density at radius 1 is 1.26 bits per heavy atom. The van der Waals surface area contributed by atoms with Crippen LogP contribution >= 0.6 is 0 Å². The molecular weight excluding hydrogens is 344 g/mol. The van der Waals surface area contributed by atoms with Gasteiger partial charge in [0.2, 0.25) is 5.91 Å². The molecule has 0 atom stereocenters. The molecule has 0 unspecified atom stereocenters. The molecule has 0 fully saturated rings. The zero-order valence-corrected chi connectivity index (χ0v) is 15.2. The standard InChI is InChI=1S/C20H20N4O3/c1-13-5-6-17-16(10-13)24(20(26)27-17)9-7-18(25)21-11-15-12-22-19-14(2)4-3-8-23(15)19/h3-6,8,10,12H,7,9,11H2,1-2H3,(H,21,25). The minimum atomic E-state index is -0.444. The predicted molar refractivity (Wildman–Crippen MR) is 102 cm³/mol. The monoisotopic (exact) mass is 364 g/mol. The number of benzene rings is 1. The van der Waals surface area contributed by atoms with Crippen molar-refractivity contribution < 1.29 is 9.21 Å². The maximum Gasteiger partial charge on any atom is 0.419 e. The highest BCUT2D eigenvalue weighted by Crippen LogP contribution is 2.15. The van der Waals surface area contributed by atoms with Gasteiger partial charge in [0.25, 0.3) is 0 Å². The number of aryl methyl sites for hydroxylation is 3. The van der Waals surface area contributed by atoms with Crippen LogP contribution < -0.4 is 11.1 Å². The first kappa shape index (κ1) is 17.1. The third-order valence-corrected chi connectivity index (χ3v) is 4.66. The molecule has 3 aromatic heterocycles. The minimum absolute atomic E-state index is 0.133. The van der Waals surface area contributed by atoms with Crippen molar-refractivity contribution in [2.45, 2.75) is 33.4 Å². The number of hydrogen-bond acceptors (Lipinski definition) is 4. The van der Waals surface area contributed by atoms with Crippen LogP contribution in [0.3, 0.4) is 0 Å². The molecule has 1 aromatic carbocycles. The number of oxazole rings is 1. The second-order valence-electron chi connectivity index (χ2n) is 6.65. The maximum atomic E-state index is 12.3. The van der Waals surface area contributed by atoms with Crippen molar-refractivity contribution in [1.29, 1.82) is 0 Å². The predicted octanol–water partition coefficient (Wildman–Crippen LogP) is 2.57. The first-order valence-corrected chi connectivity index (χ1v) is 8.81. The highest BCUT2D eigenvalue weighted by Gasteiger charge is 2.12. The first-order valence-electron chi connectivity index (χ1n) is 8.81. The lowest BCUT2D eigenvalue weighted by Gasteiger charge is -2.06. The van der Waals surface area contributed by atoms with Gasteiger partial charge in [-0.1, -0.05) is 12.1 Å². The number of nitrogens with one attached hydrogen (secondary N) is 1. The van der Waals surface area contributed by atoms with Crippen molar-refractivity contribution in [2.24, 2.45) is 0 Å². The fourth-order valence-electron chi connectivity index (χ4n) is 3.21. The van der Waals surface area contributed by atoms with Crippen LogP contribution in [-0.2, 0) is 17.9 Å². The molecule has 138 valence electrons. The molecule has 7 heteroatoms. The molecule has 0 radical (unpaired) electrons. The summed E-state index contributed by atoms with van der Waals surface area (Å²) in [6.45, 7) is 4.60. The van der Waals surface area contributed by atoms with Crippen LogP contribution in [0, 0.1) is 13.8 Å². The van der Waals surface area contributed by atoms with Crippen molar-refractivity contribution in [3.05, 3.63) is 70.1 Å². The molecule has 3 heterocycles. The third kappa shape index (κ3) is 3.23. The summed E-state index contributed by atoms with van der Waals surface area (Å²) in [7, 11) is 0. The van der Waals surface area contributed by atoms with E-state index in [-0.39, 0.29) is 18.9 Å². The molecule has 1 amide bonds. The molecule has 0 saturated carbocycles. The summed E-state index contributed by atoms with van der Waals surface area (Å²) in [4.78, 5) is 28.7. The number of pyridine rings is 1. The maximum absolute atomic E-state index is 12.3. The summed E-state index contributed by atoms with van der Waals surface area (Å²) in [5.74, 6) is -0.577. The van der Waals surface area contributed by atoms with Gasteiger partial charge in [-0.05, 0) is 43.2 Å². The normalized spacial score (nSPS) is 11.3. The minimum Gasteiger partial charge on any atom is -0.408 e. The van der Waals surface area contributed by atoms with Crippen molar-refractivity contribution in [1.82, 2.24) is 19.3 Å². The molecule has 7 nitrogen and oxygen atoms in total. The number of carbonyl (C=O) groups is 1. The van der Waals surface area contributed by atoms with Gasteiger partial charge >= 0.3 is 5.76 Å². The van der Waals surface area contributed by atoms with Gasteiger partial charge < -0.3 is 14.1 Å². The highest BCUT2D eigenvalue weighted by molar-refractivity contribution is 5.77. The lowest BCUT2D eigenvalue weighted by atomic mass is 10.2. The van der Waals surface area contributed by atoms with Crippen molar-refractivity contribution in [2.75, 3.05) is 0 Å². The van der Waals surface area contributed by atoms with Crippen LogP contribution in [-0.4, -0.2) is 19.9 Å². The second-order valence-corrected chi connectivity index (χ2v) is 6.65. The largest absolute Gasteiger partial charge is 0.419 e. The Balaban J connectivity index is 1.43. The van der Waals surface area contributed by atoms with Crippen LogP contribution in [0.2, 0.25) is 0 Å². The SMILES string of the molecule is Cc1ccc2oc(=O)n(CCC(=O)NCc3cnc4c(C)cccn34)c2c1. The van der Waals surface area contributed by atoms with E-state index in [1.807, 2.05) is 48.7 Å². The molecule has 4 rings (SSSR count). The fourth-order valence-corrected chi connectivity index (χ4v) is 3.21. The molecule has 27 heavy (non-hydrogen) atoms. The van der Waals surface area contributed by atoms with E-state index in [0.29, 0.717) is 17.6 Å². The summed E-state index contributed by atoms with van der Waals surface area (Å²) in [6, 6.07) is 9.50. The number of aromatic nitrogens is 3. The van der Waals surface area contributed by atoms with Gasteiger partial charge in [0.1, 0.15) is 5.65 Å². The third-order valence-electron chi connectivity index (χ3n) is 4.66. The Bertz CT molecular complexity index is 1200. The highest BCUT2D eigenvalue weighted by atomic mass is 16.4. The lowest BCUT2D eigenvalue weighted by Crippen LogP contribution is -2.26. The zero-order chi connectivity index (χ0) is 19.0. The molecule has 4 aromatic rings. The smallest absolute Gasteiger partial charge is 0.408 e. The molecular formula is C20H20N4O3. The average Bonchev–Trinajstić information content (AvgIpc) is 3.19. The summed E-state index contributed by atoms with van der Waals surface area (Å²) in [5.41, 5.74) is 5.15. The van der Waals surface area contributed by atoms with Crippen LogP contribution in [0.5, 0.6) is 0 Å². The van der Waals surface area contributed by atoms with Crippen LogP contribution in [0.25, 0.3) is 16.7 Å². The Hall–Kier alpha value is -3.35. The van der Waals surface area contributed by atoms with Crippen molar-refractivity contribution in [3.63, 3.8) is 0 Å². The van der Waals surface area contributed by atoms with E-state index in [9.17, 15) is 9.59 Å². The second kappa shape index (κ2) is 6.75. The molecule has 0 saturated heterocycles. The number of amides is 1. The van der Waals surface area contributed by atoms with E-state index in [4.69, 9.17) is 4.42 Å². The van der Waals surface area contributed by atoms with Gasteiger partial charge in [-0.2, -0.15) is 0 Å². The Kier molecular flexibility index (Phi) is 4.27. The zero-order valence-electron chi connectivity index (χ0n) is 15.2. The molecule has 1 N–H and O–H groups in total. The van der Waals surface area contributed by atoms with E-state index in [2.05, 4.69) is 10.3 Å². The van der Waals surface area contributed by atoms with Crippen LogP contribution in [0.1, 0.15) is 23.2 Å². The van der Waals surface area contributed by atoms with Crippen molar-refractivity contribution in [3.8, 4) is 0 Å². The average molecular weight is 364 g/mol.